The number of hydrogen-bond donors (Lipinski definition) is 3. The van der Waals surface area contributed by atoms with Gasteiger partial charge in [0.2, 0.25) is 0 Å². The molecule has 6 nitrogen and oxygen atoms in total. The van der Waals surface area contributed by atoms with E-state index < -0.39 is 0 Å². The van der Waals surface area contributed by atoms with Gasteiger partial charge in [0, 0.05) is 22.9 Å². The summed E-state index contributed by atoms with van der Waals surface area (Å²) >= 11 is 5.30. The number of ether oxygens (including phenoxy) is 1. The molecule has 2 aromatic carbocycles. The molecule has 0 saturated heterocycles. The maximum Gasteiger partial charge on any atom is 0.257 e. The number of nitrogens with one attached hydrogen (secondary N) is 3. The van der Waals surface area contributed by atoms with E-state index in [4.69, 9.17) is 17.0 Å². The molecule has 0 atom stereocenters. The molecule has 0 spiro atoms. The Morgan fingerprint density at radius 1 is 0.941 bits per heavy atom. The molecule has 2 aromatic rings. The second-order valence-electron chi connectivity index (χ2n) is 8.73. The predicted molar refractivity (Wildman–Crippen MR) is 141 cm³/mol. The van der Waals surface area contributed by atoms with Crippen molar-refractivity contribution in [2.24, 2.45) is 0 Å². The van der Waals surface area contributed by atoms with Gasteiger partial charge in [0.05, 0.1) is 6.61 Å². The Bertz CT molecular complexity index is 956. The molecule has 1 aliphatic carbocycles. The van der Waals surface area contributed by atoms with Crippen molar-refractivity contribution in [2.75, 3.05) is 11.9 Å². The van der Waals surface area contributed by atoms with E-state index in [-0.39, 0.29) is 23.0 Å². The molecule has 0 bridgehead atoms. The molecule has 182 valence electrons. The fourth-order valence-corrected chi connectivity index (χ4v) is 4.22. The average Bonchev–Trinajstić information content (AvgIpc) is 2.85. The van der Waals surface area contributed by atoms with Crippen LogP contribution in [0.15, 0.2) is 48.5 Å². The fraction of sp³-hybridized carbons (Fsp3) is 0.444. The summed E-state index contributed by atoms with van der Waals surface area (Å²) in [6, 6.07) is 14.4. The van der Waals surface area contributed by atoms with E-state index in [0.29, 0.717) is 23.4 Å². The molecule has 0 aromatic heterocycles. The Kier molecular flexibility index (Phi) is 10.3. The Morgan fingerprint density at radius 2 is 1.71 bits per heavy atom. The van der Waals surface area contributed by atoms with Gasteiger partial charge < -0.3 is 15.4 Å². The van der Waals surface area contributed by atoms with Crippen LogP contribution in [0.1, 0.15) is 85.4 Å². The summed E-state index contributed by atoms with van der Waals surface area (Å²) in [5.74, 6) is 0.355. The average molecular weight is 482 g/mol. The second-order valence-corrected chi connectivity index (χ2v) is 9.14. The van der Waals surface area contributed by atoms with Crippen molar-refractivity contribution < 1.29 is 14.3 Å². The number of carbonyl (C=O) groups is 2. The van der Waals surface area contributed by atoms with Crippen LogP contribution in [-0.4, -0.2) is 29.6 Å². The van der Waals surface area contributed by atoms with E-state index in [1.807, 2.05) is 6.07 Å². The highest BCUT2D eigenvalue weighted by Crippen LogP contribution is 2.19. The normalized spacial score (nSPS) is 13.7. The van der Waals surface area contributed by atoms with Gasteiger partial charge in [0.15, 0.2) is 5.11 Å². The van der Waals surface area contributed by atoms with Crippen molar-refractivity contribution in [3.05, 3.63) is 59.7 Å². The second kappa shape index (κ2) is 13.7. The molecule has 0 heterocycles. The number of unbranched alkanes of at least 4 members (excludes halogenated alkanes) is 3. The summed E-state index contributed by atoms with van der Waals surface area (Å²) in [6.07, 6.45) is 10.2. The molecular formula is C27H35N3O3S. The monoisotopic (exact) mass is 481 g/mol. The minimum absolute atomic E-state index is 0.0850. The third-order valence-electron chi connectivity index (χ3n) is 5.93. The number of benzene rings is 2. The number of thiocarbonyl (C=S) groups is 1. The highest BCUT2D eigenvalue weighted by Gasteiger charge is 2.17. The first-order chi connectivity index (χ1) is 16.5. The third kappa shape index (κ3) is 8.45. The summed E-state index contributed by atoms with van der Waals surface area (Å²) in [7, 11) is 0. The highest BCUT2D eigenvalue weighted by atomic mass is 32.1. The largest absolute Gasteiger partial charge is 0.494 e. The van der Waals surface area contributed by atoms with Gasteiger partial charge in [-0.15, -0.1) is 0 Å². The van der Waals surface area contributed by atoms with Crippen LogP contribution < -0.4 is 20.7 Å². The van der Waals surface area contributed by atoms with Gasteiger partial charge in [-0.2, -0.15) is 0 Å². The van der Waals surface area contributed by atoms with Gasteiger partial charge in [-0.05, 0) is 73.9 Å². The minimum Gasteiger partial charge on any atom is -0.494 e. The van der Waals surface area contributed by atoms with Crippen LogP contribution in [0.2, 0.25) is 0 Å². The molecule has 0 aliphatic heterocycles. The van der Waals surface area contributed by atoms with Crippen molar-refractivity contribution in [3.8, 4) is 5.75 Å². The lowest BCUT2D eigenvalue weighted by molar-refractivity contribution is 0.0926. The standard InChI is InChI=1S/C27H35N3O3S/c1-2-3-4-8-18-33-24-16-14-20(15-17-24)25(31)30-27(34)29-23-13-9-10-21(19-23)26(32)28-22-11-6-5-7-12-22/h9-10,13-17,19,22H,2-8,11-12,18H2,1H3,(H,28,32)(H2,29,30,31,34). The van der Waals surface area contributed by atoms with Crippen molar-refractivity contribution >= 4 is 34.8 Å². The smallest absolute Gasteiger partial charge is 0.257 e. The van der Waals surface area contributed by atoms with Crippen molar-refractivity contribution in [2.45, 2.75) is 70.8 Å². The lowest BCUT2D eigenvalue weighted by atomic mass is 9.95. The Morgan fingerprint density at radius 3 is 2.44 bits per heavy atom. The van der Waals surface area contributed by atoms with Crippen LogP contribution in [0.5, 0.6) is 5.75 Å². The van der Waals surface area contributed by atoms with Crippen molar-refractivity contribution in [3.63, 3.8) is 0 Å². The van der Waals surface area contributed by atoms with Gasteiger partial charge in [0.1, 0.15) is 5.75 Å². The van der Waals surface area contributed by atoms with Gasteiger partial charge >= 0.3 is 0 Å². The van der Waals surface area contributed by atoms with Crippen LogP contribution in [-0.2, 0) is 0 Å². The van der Waals surface area contributed by atoms with Gasteiger partial charge in [-0.3, -0.25) is 14.9 Å². The molecule has 1 saturated carbocycles. The molecule has 0 radical (unpaired) electrons. The topological polar surface area (TPSA) is 79.5 Å². The molecule has 1 fully saturated rings. The summed E-state index contributed by atoms with van der Waals surface area (Å²) in [6.45, 7) is 2.86. The van der Waals surface area contributed by atoms with Gasteiger partial charge in [-0.25, -0.2) is 0 Å². The van der Waals surface area contributed by atoms with Gasteiger partial charge in [-0.1, -0.05) is 51.5 Å². The zero-order valence-electron chi connectivity index (χ0n) is 19.9. The summed E-state index contributed by atoms with van der Waals surface area (Å²) in [4.78, 5) is 25.1. The van der Waals surface area contributed by atoms with E-state index in [2.05, 4.69) is 22.9 Å². The minimum atomic E-state index is -0.307. The third-order valence-corrected chi connectivity index (χ3v) is 6.14. The highest BCUT2D eigenvalue weighted by molar-refractivity contribution is 7.80. The van der Waals surface area contributed by atoms with Gasteiger partial charge in [0.25, 0.3) is 11.8 Å². The summed E-state index contributed by atoms with van der Waals surface area (Å²) < 4.78 is 5.72. The number of hydrogen-bond acceptors (Lipinski definition) is 4. The Hall–Kier alpha value is -2.93. The first-order valence-electron chi connectivity index (χ1n) is 12.3. The SMILES string of the molecule is CCCCCCOc1ccc(C(=O)NC(=S)Nc2cccc(C(=O)NC3CCCCC3)c2)cc1. The van der Waals surface area contributed by atoms with Crippen LogP contribution in [0, 0.1) is 0 Å². The first kappa shape index (κ1) is 25.7. The van der Waals surface area contributed by atoms with E-state index in [1.54, 1.807) is 42.5 Å². The zero-order chi connectivity index (χ0) is 24.2. The van der Waals surface area contributed by atoms with E-state index in [0.717, 1.165) is 44.3 Å². The molecule has 34 heavy (non-hydrogen) atoms. The number of rotatable bonds is 10. The zero-order valence-corrected chi connectivity index (χ0v) is 20.7. The maximum atomic E-state index is 12.6. The number of carbonyl (C=O) groups excluding carboxylic acids is 2. The lowest BCUT2D eigenvalue weighted by Gasteiger charge is -2.22. The maximum absolute atomic E-state index is 12.6. The van der Waals surface area contributed by atoms with E-state index >= 15 is 0 Å². The lowest BCUT2D eigenvalue weighted by Crippen LogP contribution is -2.36. The molecule has 3 N–H and O–H groups in total. The summed E-state index contributed by atoms with van der Waals surface area (Å²) in [5.41, 5.74) is 1.70. The molecular weight excluding hydrogens is 446 g/mol. The van der Waals surface area contributed by atoms with Crippen LogP contribution >= 0.6 is 12.2 Å². The first-order valence-corrected chi connectivity index (χ1v) is 12.7. The quantitative estimate of drug-likeness (QED) is 0.294. The molecule has 7 heteroatoms. The fourth-order valence-electron chi connectivity index (χ4n) is 4.01. The molecule has 2 amide bonds. The van der Waals surface area contributed by atoms with Crippen LogP contribution in [0.4, 0.5) is 5.69 Å². The summed E-state index contributed by atoms with van der Waals surface area (Å²) in [5, 5.41) is 8.97. The van der Waals surface area contributed by atoms with E-state index in [9.17, 15) is 9.59 Å². The number of anilines is 1. The van der Waals surface area contributed by atoms with Crippen LogP contribution in [0.3, 0.4) is 0 Å². The Balaban J connectivity index is 1.47. The molecule has 0 unspecified atom stereocenters. The number of amides is 2. The molecule has 1 aliphatic rings. The Labute approximate surface area is 207 Å². The molecule has 3 rings (SSSR count). The van der Waals surface area contributed by atoms with E-state index in [1.165, 1.54) is 19.3 Å². The van der Waals surface area contributed by atoms with Crippen molar-refractivity contribution in [1.82, 2.24) is 10.6 Å². The van der Waals surface area contributed by atoms with Crippen molar-refractivity contribution in [1.29, 1.82) is 0 Å². The predicted octanol–water partition coefficient (Wildman–Crippen LogP) is 5.84. The van der Waals surface area contributed by atoms with Crippen LogP contribution in [0.25, 0.3) is 0 Å².